The number of hydrogen-bond acceptors (Lipinski definition) is 4. The molecule has 1 aromatic carbocycles. The van der Waals surface area contributed by atoms with E-state index in [2.05, 4.69) is 37.0 Å². The summed E-state index contributed by atoms with van der Waals surface area (Å²) < 4.78 is 17.8. The van der Waals surface area contributed by atoms with Gasteiger partial charge in [0.1, 0.15) is 11.5 Å². The van der Waals surface area contributed by atoms with Crippen LogP contribution in [0.4, 0.5) is 4.39 Å². The van der Waals surface area contributed by atoms with Crippen molar-refractivity contribution in [3.05, 3.63) is 75.6 Å². The molecule has 3 heterocycles. The maximum absolute atomic E-state index is 14.4. The molecule has 0 atom stereocenters. The van der Waals surface area contributed by atoms with E-state index in [1.165, 1.54) is 15.8 Å². The Bertz CT molecular complexity index is 1140. The van der Waals surface area contributed by atoms with Crippen LogP contribution in [0.3, 0.4) is 0 Å². The Balaban J connectivity index is 1.71. The second-order valence-electron chi connectivity index (χ2n) is 7.42. The van der Waals surface area contributed by atoms with Gasteiger partial charge in [0.05, 0.1) is 11.9 Å². The summed E-state index contributed by atoms with van der Waals surface area (Å²) >= 11 is 1.76. The van der Waals surface area contributed by atoms with E-state index in [9.17, 15) is 4.39 Å². The molecule has 0 saturated heterocycles. The molecule has 3 aromatic heterocycles. The van der Waals surface area contributed by atoms with E-state index >= 15 is 0 Å². The highest BCUT2D eigenvalue weighted by Crippen LogP contribution is 2.33. The highest BCUT2D eigenvalue weighted by molar-refractivity contribution is 7.12. The molecule has 150 valence electrons. The molecule has 0 bridgehead atoms. The topological polar surface area (TPSA) is 38.9 Å². The Labute approximate surface area is 174 Å². The molecule has 0 saturated carbocycles. The van der Waals surface area contributed by atoms with E-state index in [0.29, 0.717) is 12.2 Å². The minimum atomic E-state index is -0.282. The highest BCUT2D eigenvalue weighted by atomic mass is 32.1. The SMILES string of the molecule is Cc1cc(-c2nn(-c3ccccc3F)cc2CN(C)Cc2cnn(C)c2)c(C)s1. The summed E-state index contributed by atoms with van der Waals surface area (Å²) in [7, 11) is 3.99. The first-order valence-corrected chi connectivity index (χ1v) is 10.3. The summed E-state index contributed by atoms with van der Waals surface area (Å²) in [6.45, 7) is 5.69. The third-order valence-corrected chi connectivity index (χ3v) is 5.80. The Kier molecular flexibility index (Phi) is 5.34. The predicted molar refractivity (Wildman–Crippen MR) is 115 cm³/mol. The standard InChI is InChI=1S/C22H24FN5S/c1-15-9-19(16(2)29-15)22-18(13-26(3)11-17-10-24-27(4)12-17)14-28(25-22)21-8-6-5-7-20(21)23/h5-10,12,14H,11,13H2,1-4H3. The van der Waals surface area contributed by atoms with Crippen LogP contribution in [0.2, 0.25) is 0 Å². The number of halogens is 1. The maximum atomic E-state index is 14.4. The number of benzene rings is 1. The average Bonchev–Trinajstić information content (AvgIpc) is 3.34. The van der Waals surface area contributed by atoms with E-state index in [-0.39, 0.29) is 5.82 Å². The number of aryl methyl sites for hydroxylation is 3. The molecule has 0 radical (unpaired) electrons. The summed E-state index contributed by atoms with van der Waals surface area (Å²) in [6.07, 6.45) is 5.85. The van der Waals surface area contributed by atoms with Crippen LogP contribution >= 0.6 is 11.3 Å². The lowest BCUT2D eigenvalue weighted by molar-refractivity contribution is 0.319. The van der Waals surface area contributed by atoms with Crippen LogP contribution in [-0.4, -0.2) is 31.5 Å². The number of nitrogens with zero attached hydrogens (tertiary/aromatic N) is 5. The predicted octanol–water partition coefficient (Wildman–Crippen LogP) is 4.72. The normalized spacial score (nSPS) is 11.5. The summed E-state index contributed by atoms with van der Waals surface area (Å²) in [5.74, 6) is -0.282. The Morgan fingerprint density at radius 1 is 1.14 bits per heavy atom. The van der Waals surface area contributed by atoms with Crippen LogP contribution in [0.15, 0.2) is 48.9 Å². The second-order valence-corrected chi connectivity index (χ2v) is 8.88. The maximum Gasteiger partial charge on any atom is 0.148 e. The molecule has 7 heteroatoms. The molecule has 4 aromatic rings. The van der Waals surface area contributed by atoms with Gasteiger partial charge in [-0.3, -0.25) is 9.58 Å². The lowest BCUT2D eigenvalue weighted by Gasteiger charge is -2.15. The zero-order valence-corrected chi connectivity index (χ0v) is 17.9. The number of para-hydroxylation sites is 1. The van der Waals surface area contributed by atoms with Crippen LogP contribution in [0.25, 0.3) is 16.9 Å². The van der Waals surface area contributed by atoms with Gasteiger partial charge in [-0.2, -0.15) is 10.2 Å². The molecule has 5 nitrogen and oxygen atoms in total. The van der Waals surface area contributed by atoms with Crippen LogP contribution in [0.5, 0.6) is 0 Å². The van der Waals surface area contributed by atoms with Gasteiger partial charge in [0.15, 0.2) is 0 Å². The molecule has 0 N–H and O–H groups in total. The van der Waals surface area contributed by atoms with Crippen molar-refractivity contribution in [2.75, 3.05) is 7.05 Å². The van der Waals surface area contributed by atoms with Gasteiger partial charge in [0.2, 0.25) is 0 Å². The zero-order valence-electron chi connectivity index (χ0n) is 17.1. The van der Waals surface area contributed by atoms with E-state index in [0.717, 1.165) is 28.9 Å². The number of rotatable bonds is 6. The summed E-state index contributed by atoms with van der Waals surface area (Å²) in [5.41, 5.74) is 4.71. The van der Waals surface area contributed by atoms with Crippen LogP contribution in [-0.2, 0) is 20.1 Å². The molecule has 0 amide bonds. The van der Waals surface area contributed by atoms with Gasteiger partial charge in [-0.1, -0.05) is 12.1 Å². The molecule has 0 spiro atoms. The second kappa shape index (κ2) is 7.93. The molecule has 0 unspecified atom stereocenters. The monoisotopic (exact) mass is 409 g/mol. The quantitative estimate of drug-likeness (QED) is 0.462. The molecule has 0 aliphatic rings. The fourth-order valence-corrected chi connectivity index (χ4v) is 4.52. The van der Waals surface area contributed by atoms with Gasteiger partial charge in [-0.25, -0.2) is 9.07 Å². The molecule has 0 fully saturated rings. The number of aromatic nitrogens is 4. The largest absolute Gasteiger partial charge is 0.298 e. The lowest BCUT2D eigenvalue weighted by atomic mass is 10.1. The van der Waals surface area contributed by atoms with Gasteiger partial charge in [0, 0.05) is 59.0 Å². The van der Waals surface area contributed by atoms with Gasteiger partial charge >= 0.3 is 0 Å². The van der Waals surface area contributed by atoms with E-state index in [1.807, 2.05) is 36.4 Å². The van der Waals surface area contributed by atoms with Gasteiger partial charge in [0.25, 0.3) is 0 Å². The van der Waals surface area contributed by atoms with Crippen molar-refractivity contribution < 1.29 is 4.39 Å². The van der Waals surface area contributed by atoms with Crippen LogP contribution < -0.4 is 0 Å². The molecule has 0 aliphatic heterocycles. The lowest BCUT2D eigenvalue weighted by Crippen LogP contribution is -2.17. The van der Waals surface area contributed by atoms with E-state index in [1.54, 1.807) is 28.2 Å². The average molecular weight is 410 g/mol. The van der Waals surface area contributed by atoms with E-state index in [4.69, 9.17) is 5.10 Å². The first-order chi connectivity index (χ1) is 13.9. The van der Waals surface area contributed by atoms with Crippen molar-refractivity contribution in [1.82, 2.24) is 24.5 Å². The van der Waals surface area contributed by atoms with Crippen molar-refractivity contribution in [3.63, 3.8) is 0 Å². The third-order valence-electron chi connectivity index (χ3n) is 4.84. The molecule has 29 heavy (non-hydrogen) atoms. The number of hydrogen-bond donors (Lipinski definition) is 0. The zero-order chi connectivity index (χ0) is 20.5. The minimum absolute atomic E-state index is 0.282. The first-order valence-electron chi connectivity index (χ1n) is 9.47. The molecule has 0 aliphatic carbocycles. The van der Waals surface area contributed by atoms with Gasteiger partial charge in [-0.15, -0.1) is 11.3 Å². The van der Waals surface area contributed by atoms with Crippen molar-refractivity contribution in [1.29, 1.82) is 0 Å². The smallest absolute Gasteiger partial charge is 0.148 e. The Morgan fingerprint density at radius 3 is 2.59 bits per heavy atom. The van der Waals surface area contributed by atoms with E-state index < -0.39 is 0 Å². The first kappa shape index (κ1) is 19.5. The van der Waals surface area contributed by atoms with Gasteiger partial charge < -0.3 is 0 Å². The third kappa shape index (κ3) is 4.16. The number of thiophene rings is 1. The Hall–Kier alpha value is -2.77. The minimum Gasteiger partial charge on any atom is -0.298 e. The summed E-state index contributed by atoms with van der Waals surface area (Å²) in [5, 5.41) is 9.03. The fraction of sp³-hybridized carbons (Fsp3) is 0.273. The molecular formula is C22H24FN5S. The van der Waals surface area contributed by atoms with Crippen molar-refractivity contribution in [2.45, 2.75) is 26.9 Å². The highest BCUT2D eigenvalue weighted by Gasteiger charge is 2.18. The Morgan fingerprint density at radius 2 is 1.93 bits per heavy atom. The van der Waals surface area contributed by atoms with Crippen molar-refractivity contribution in [3.8, 4) is 16.9 Å². The van der Waals surface area contributed by atoms with Gasteiger partial charge in [-0.05, 0) is 39.1 Å². The van der Waals surface area contributed by atoms with Crippen LogP contribution in [0.1, 0.15) is 20.9 Å². The molecular weight excluding hydrogens is 385 g/mol. The molecule has 4 rings (SSSR count). The van der Waals surface area contributed by atoms with Crippen LogP contribution in [0, 0.1) is 19.7 Å². The fourth-order valence-electron chi connectivity index (χ4n) is 3.59. The summed E-state index contributed by atoms with van der Waals surface area (Å²) in [6, 6.07) is 8.90. The van der Waals surface area contributed by atoms with Crippen molar-refractivity contribution in [2.24, 2.45) is 7.05 Å². The van der Waals surface area contributed by atoms with Crippen molar-refractivity contribution >= 4 is 11.3 Å². The summed E-state index contributed by atoms with van der Waals surface area (Å²) in [4.78, 5) is 4.68.